The normalized spacial score (nSPS) is 16.4. The Kier molecular flexibility index (Phi) is 5.51. The van der Waals surface area contributed by atoms with Crippen LogP contribution < -0.4 is 11.1 Å². The second-order valence-corrected chi connectivity index (χ2v) is 8.42. The molecule has 1 saturated heterocycles. The molecule has 0 radical (unpaired) electrons. The molecule has 1 fully saturated rings. The van der Waals surface area contributed by atoms with Crippen LogP contribution in [0.5, 0.6) is 0 Å². The highest BCUT2D eigenvalue weighted by Crippen LogP contribution is 2.35. The number of pyridine rings is 1. The van der Waals surface area contributed by atoms with E-state index >= 15 is 0 Å². The molecule has 3 N–H and O–H groups in total. The number of amides is 1. The monoisotopic (exact) mass is 441 g/mol. The van der Waals surface area contributed by atoms with E-state index in [0.29, 0.717) is 17.2 Å². The minimum atomic E-state index is -0.202. The third-order valence-electron chi connectivity index (χ3n) is 6.32. The van der Waals surface area contributed by atoms with Gasteiger partial charge >= 0.3 is 0 Å². The summed E-state index contributed by atoms with van der Waals surface area (Å²) in [5.41, 5.74) is 10.4. The number of carbonyl (C=O) groups is 1. The smallest absolute Gasteiger partial charge is 0.256 e. The first-order chi connectivity index (χ1) is 16.0. The Morgan fingerprint density at radius 2 is 2.00 bits per heavy atom. The van der Waals surface area contributed by atoms with Gasteiger partial charge in [0.1, 0.15) is 28.7 Å². The molecule has 1 aromatic carbocycles. The van der Waals surface area contributed by atoms with Crippen molar-refractivity contribution in [1.82, 2.24) is 24.3 Å². The van der Waals surface area contributed by atoms with Crippen LogP contribution in [0.2, 0.25) is 0 Å². The van der Waals surface area contributed by atoms with Crippen LogP contribution in [0.4, 0.5) is 11.6 Å². The van der Waals surface area contributed by atoms with E-state index in [1.807, 2.05) is 30.5 Å². The maximum atomic E-state index is 12.7. The van der Waals surface area contributed by atoms with E-state index in [2.05, 4.69) is 38.6 Å². The van der Waals surface area contributed by atoms with Crippen LogP contribution in [-0.2, 0) is 6.42 Å². The Bertz CT molecular complexity index is 1310. The summed E-state index contributed by atoms with van der Waals surface area (Å²) in [6.07, 6.45) is 8.42. The van der Waals surface area contributed by atoms with Crippen LogP contribution in [-0.4, -0.2) is 43.8 Å². The third-order valence-corrected chi connectivity index (χ3v) is 6.32. The van der Waals surface area contributed by atoms with Crippen molar-refractivity contribution >= 4 is 23.1 Å². The van der Waals surface area contributed by atoms with Crippen molar-refractivity contribution in [2.75, 3.05) is 24.6 Å². The highest BCUT2D eigenvalue weighted by Gasteiger charge is 2.28. The number of aromatic nitrogens is 4. The van der Waals surface area contributed by atoms with Crippen LogP contribution >= 0.6 is 0 Å². The Morgan fingerprint density at radius 1 is 1.18 bits per heavy atom. The molecule has 3 aromatic heterocycles. The van der Waals surface area contributed by atoms with Crippen molar-refractivity contribution in [3.8, 4) is 11.3 Å². The first-order valence-corrected chi connectivity index (χ1v) is 11.2. The minimum Gasteiger partial charge on any atom is -0.382 e. The highest BCUT2D eigenvalue weighted by atomic mass is 16.1. The maximum absolute atomic E-state index is 12.7. The molecule has 0 spiro atoms. The molecule has 0 bridgehead atoms. The number of aryl methyl sites for hydroxylation is 1. The summed E-state index contributed by atoms with van der Waals surface area (Å²) in [5.74, 6) is 1.76. The highest BCUT2D eigenvalue weighted by molar-refractivity contribution is 6.04. The summed E-state index contributed by atoms with van der Waals surface area (Å²) in [4.78, 5) is 28.6. The second kappa shape index (κ2) is 8.63. The van der Waals surface area contributed by atoms with Gasteiger partial charge in [0.25, 0.3) is 5.91 Å². The van der Waals surface area contributed by atoms with Gasteiger partial charge in [-0.3, -0.25) is 14.1 Å². The molecule has 1 amide bonds. The van der Waals surface area contributed by atoms with Gasteiger partial charge in [0.05, 0.1) is 6.04 Å². The number of nitrogens with one attached hydrogen (secondary N) is 1. The lowest BCUT2D eigenvalue weighted by molar-refractivity contribution is 0.102. The van der Waals surface area contributed by atoms with Gasteiger partial charge in [-0.05, 0) is 62.7 Å². The molecular formula is C25H27N7O. The number of nitrogen functional groups attached to an aromatic ring is 1. The summed E-state index contributed by atoms with van der Waals surface area (Å²) in [6, 6.07) is 11.5. The van der Waals surface area contributed by atoms with E-state index in [4.69, 9.17) is 10.7 Å². The van der Waals surface area contributed by atoms with Crippen molar-refractivity contribution in [3.05, 3.63) is 71.9 Å². The number of carbonyl (C=O) groups excluding carboxylic acids is 1. The van der Waals surface area contributed by atoms with Crippen molar-refractivity contribution in [2.45, 2.75) is 32.2 Å². The van der Waals surface area contributed by atoms with E-state index in [-0.39, 0.29) is 11.9 Å². The number of rotatable bonds is 5. The van der Waals surface area contributed by atoms with Gasteiger partial charge in [-0.1, -0.05) is 19.1 Å². The topological polar surface area (TPSA) is 101 Å². The molecule has 1 atom stereocenters. The molecule has 1 aliphatic rings. The molecule has 8 heteroatoms. The molecule has 0 aliphatic carbocycles. The maximum Gasteiger partial charge on any atom is 0.256 e. The number of hydrogen-bond acceptors (Lipinski definition) is 6. The molecular weight excluding hydrogens is 414 g/mol. The number of imidazole rings is 1. The molecule has 8 nitrogen and oxygen atoms in total. The fourth-order valence-corrected chi connectivity index (χ4v) is 4.49. The lowest BCUT2D eigenvalue weighted by Gasteiger charge is -2.18. The van der Waals surface area contributed by atoms with Crippen molar-refractivity contribution < 1.29 is 4.79 Å². The van der Waals surface area contributed by atoms with Gasteiger partial charge in [0, 0.05) is 29.7 Å². The van der Waals surface area contributed by atoms with E-state index in [1.54, 1.807) is 24.5 Å². The van der Waals surface area contributed by atoms with Crippen molar-refractivity contribution in [1.29, 1.82) is 0 Å². The van der Waals surface area contributed by atoms with E-state index in [9.17, 15) is 4.79 Å². The second-order valence-electron chi connectivity index (χ2n) is 8.42. The van der Waals surface area contributed by atoms with Gasteiger partial charge in [0.15, 0.2) is 0 Å². The zero-order chi connectivity index (χ0) is 22.9. The Balaban J connectivity index is 1.46. The fourth-order valence-electron chi connectivity index (χ4n) is 4.49. The van der Waals surface area contributed by atoms with Gasteiger partial charge in [-0.15, -0.1) is 0 Å². The number of benzene rings is 1. The van der Waals surface area contributed by atoms with Crippen molar-refractivity contribution in [2.24, 2.45) is 0 Å². The quantitative estimate of drug-likeness (QED) is 0.486. The summed E-state index contributed by atoms with van der Waals surface area (Å²) in [7, 11) is 2.13. The summed E-state index contributed by atoms with van der Waals surface area (Å²) < 4.78 is 2.05. The van der Waals surface area contributed by atoms with Crippen LogP contribution in [0.3, 0.4) is 0 Å². The Hall–Kier alpha value is -3.78. The van der Waals surface area contributed by atoms with Crippen LogP contribution in [0.25, 0.3) is 16.8 Å². The molecule has 1 aliphatic heterocycles. The number of anilines is 2. The average molecular weight is 442 g/mol. The third kappa shape index (κ3) is 3.93. The van der Waals surface area contributed by atoms with Gasteiger partial charge in [-0.25, -0.2) is 15.0 Å². The lowest BCUT2D eigenvalue weighted by Crippen LogP contribution is -2.19. The fraction of sp³-hybridized carbons (Fsp3) is 0.280. The minimum absolute atomic E-state index is 0.202. The molecule has 5 rings (SSSR count). The van der Waals surface area contributed by atoms with E-state index < -0.39 is 0 Å². The molecule has 1 unspecified atom stereocenters. The largest absolute Gasteiger partial charge is 0.382 e. The van der Waals surface area contributed by atoms with E-state index in [0.717, 1.165) is 54.0 Å². The molecule has 0 saturated carbocycles. The number of nitrogens with zero attached hydrogens (tertiary/aromatic N) is 5. The Morgan fingerprint density at radius 3 is 2.73 bits per heavy atom. The number of hydrogen-bond donors (Lipinski definition) is 2. The first-order valence-electron chi connectivity index (χ1n) is 11.2. The standard InChI is InChI=1S/C25H27N7O/c1-3-16-10-11-27-20(15-16)29-25(33)18-8-6-17(7-9-18)21-22-23(26)28-12-14-32(22)24(30-21)19-5-4-13-31(19)2/h6-12,14-15,19H,3-5,13H2,1-2H3,(H2,26,28)(H,27,29,33). The van der Waals surface area contributed by atoms with Crippen LogP contribution in [0.15, 0.2) is 55.0 Å². The Labute approximate surface area is 192 Å². The lowest BCUT2D eigenvalue weighted by atomic mass is 10.1. The molecule has 4 aromatic rings. The first kappa shape index (κ1) is 21.1. The zero-order valence-corrected chi connectivity index (χ0v) is 18.8. The molecule has 168 valence electrons. The average Bonchev–Trinajstić information content (AvgIpc) is 3.43. The van der Waals surface area contributed by atoms with Gasteiger partial charge in [-0.2, -0.15) is 0 Å². The van der Waals surface area contributed by atoms with Gasteiger partial charge < -0.3 is 11.1 Å². The number of fused-ring (bicyclic) bond motifs is 1. The van der Waals surface area contributed by atoms with Crippen LogP contribution in [0.1, 0.15) is 47.6 Å². The van der Waals surface area contributed by atoms with Crippen molar-refractivity contribution in [3.63, 3.8) is 0 Å². The zero-order valence-electron chi connectivity index (χ0n) is 18.8. The predicted octanol–water partition coefficient (Wildman–Crippen LogP) is 3.95. The summed E-state index contributed by atoms with van der Waals surface area (Å²) >= 11 is 0. The summed E-state index contributed by atoms with van der Waals surface area (Å²) in [5, 5.41) is 2.87. The number of nitrogens with two attached hydrogens (primary N) is 1. The predicted molar refractivity (Wildman–Crippen MR) is 129 cm³/mol. The summed E-state index contributed by atoms with van der Waals surface area (Å²) in [6.45, 7) is 3.12. The van der Waals surface area contributed by atoms with E-state index in [1.165, 1.54) is 0 Å². The molecule has 33 heavy (non-hydrogen) atoms. The SMILES string of the molecule is CCc1ccnc(NC(=O)c2ccc(-c3nc(C4CCCN4C)n4ccnc(N)c34)cc2)c1. The van der Waals surface area contributed by atoms with Crippen LogP contribution in [0, 0.1) is 0 Å². The number of likely N-dealkylation sites (tertiary alicyclic amines) is 1. The van der Waals surface area contributed by atoms with Gasteiger partial charge in [0.2, 0.25) is 0 Å². The molecule has 4 heterocycles.